The average Bonchev–Trinajstić information content (AvgIpc) is 2.90. The number of carbonyl (C=O) groups is 1. The molecule has 3 rings (SSSR count). The zero-order valence-corrected chi connectivity index (χ0v) is 11.5. The standard InChI is InChI=1S/C15H10F3N3O2/c16-15(17,18)8-3-1-4-9(7-8)20-14-11-6-2-5-10(13(19)22)12(11)23-21-14/h1-7H,(H2,19,22)(H,20,21). The van der Waals surface area contributed by atoms with Crippen LogP contribution in [0.5, 0.6) is 0 Å². The highest BCUT2D eigenvalue weighted by molar-refractivity contribution is 6.06. The van der Waals surface area contributed by atoms with Crippen LogP contribution in [-0.2, 0) is 6.18 Å². The van der Waals surface area contributed by atoms with Gasteiger partial charge in [0.1, 0.15) is 0 Å². The number of benzene rings is 2. The summed E-state index contributed by atoms with van der Waals surface area (Å²) in [5, 5.41) is 6.94. The molecule has 0 aliphatic rings. The number of carbonyl (C=O) groups excluding carboxylic acids is 1. The van der Waals surface area contributed by atoms with Crippen LogP contribution in [0.1, 0.15) is 15.9 Å². The van der Waals surface area contributed by atoms with Crippen molar-refractivity contribution in [3.63, 3.8) is 0 Å². The summed E-state index contributed by atoms with van der Waals surface area (Å²) in [6, 6.07) is 9.35. The van der Waals surface area contributed by atoms with E-state index < -0.39 is 17.6 Å². The SMILES string of the molecule is NC(=O)c1cccc2c(Nc3cccc(C(F)(F)F)c3)noc12. The maximum atomic E-state index is 12.7. The summed E-state index contributed by atoms with van der Waals surface area (Å²) < 4.78 is 43.3. The monoisotopic (exact) mass is 321 g/mol. The molecule has 0 fully saturated rings. The lowest BCUT2D eigenvalue weighted by molar-refractivity contribution is -0.137. The summed E-state index contributed by atoms with van der Waals surface area (Å²) in [5.41, 5.74) is 4.97. The van der Waals surface area contributed by atoms with Gasteiger partial charge in [0.25, 0.3) is 5.91 Å². The van der Waals surface area contributed by atoms with Crippen molar-refractivity contribution in [2.45, 2.75) is 6.18 Å². The number of nitrogens with one attached hydrogen (secondary N) is 1. The number of aromatic nitrogens is 1. The van der Waals surface area contributed by atoms with Gasteiger partial charge in [0.05, 0.1) is 16.5 Å². The molecular weight excluding hydrogens is 311 g/mol. The minimum absolute atomic E-state index is 0.145. The van der Waals surface area contributed by atoms with E-state index in [-0.39, 0.29) is 22.7 Å². The fraction of sp³-hybridized carbons (Fsp3) is 0.0667. The van der Waals surface area contributed by atoms with Gasteiger partial charge in [-0.3, -0.25) is 4.79 Å². The van der Waals surface area contributed by atoms with Crippen LogP contribution in [0.15, 0.2) is 47.0 Å². The Hall–Kier alpha value is -3.03. The Balaban J connectivity index is 2.00. The number of fused-ring (bicyclic) bond motifs is 1. The first kappa shape index (κ1) is 14.9. The average molecular weight is 321 g/mol. The number of hydrogen-bond donors (Lipinski definition) is 2. The van der Waals surface area contributed by atoms with Crippen molar-refractivity contribution >= 4 is 28.4 Å². The number of alkyl halides is 3. The summed E-state index contributed by atoms with van der Waals surface area (Å²) in [6.07, 6.45) is -4.44. The molecule has 0 atom stereocenters. The van der Waals surface area contributed by atoms with Crippen molar-refractivity contribution in [1.29, 1.82) is 0 Å². The molecule has 1 amide bonds. The minimum atomic E-state index is -4.44. The highest BCUT2D eigenvalue weighted by atomic mass is 19.4. The van der Waals surface area contributed by atoms with Crippen molar-refractivity contribution in [2.75, 3.05) is 5.32 Å². The first-order chi connectivity index (χ1) is 10.9. The van der Waals surface area contributed by atoms with Crippen LogP contribution in [0, 0.1) is 0 Å². The second-order valence-electron chi connectivity index (χ2n) is 4.78. The maximum absolute atomic E-state index is 12.7. The summed E-state index contributed by atoms with van der Waals surface area (Å²) in [5.74, 6) is -0.486. The highest BCUT2D eigenvalue weighted by Crippen LogP contribution is 2.33. The van der Waals surface area contributed by atoms with Crippen LogP contribution >= 0.6 is 0 Å². The smallest absolute Gasteiger partial charge is 0.365 e. The predicted octanol–water partition coefficient (Wildman–Crippen LogP) is 3.69. The molecule has 0 aliphatic carbocycles. The van der Waals surface area contributed by atoms with Gasteiger partial charge < -0.3 is 15.6 Å². The first-order valence-corrected chi connectivity index (χ1v) is 6.49. The van der Waals surface area contributed by atoms with Gasteiger partial charge in [-0.2, -0.15) is 13.2 Å². The number of nitrogens with two attached hydrogens (primary N) is 1. The van der Waals surface area contributed by atoms with Crippen molar-refractivity contribution in [2.24, 2.45) is 5.73 Å². The van der Waals surface area contributed by atoms with E-state index in [9.17, 15) is 18.0 Å². The fourth-order valence-corrected chi connectivity index (χ4v) is 2.16. The van der Waals surface area contributed by atoms with Crippen LogP contribution in [0.3, 0.4) is 0 Å². The number of halogens is 3. The first-order valence-electron chi connectivity index (χ1n) is 6.49. The molecule has 3 aromatic rings. The van der Waals surface area contributed by atoms with Gasteiger partial charge in [-0.1, -0.05) is 17.3 Å². The zero-order chi connectivity index (χ0) is 16.6. The second kappa shape index (κ2) is 5.31. The third-order valence-corrected chi connectivity index (χ3v) is 3.22. The van der Waals surface area contributed by atoms with Crippen molar-refractivity contribution in [3.05, 3.63) is 53.6 Å². The number of rotatable bonds is 3. The third kappa shape index (κ3) is 2.83. The van der Waals surface area contributed by atoms with Gasteiger partial charge in [0.2, 0.25) is 0 Å². The number of para-hydroxylation sites is 1. The molecular formula is C15H10F3N3O2. The molecule has 0 spiro atoms. The van der Waals surface area contributed by atoms with Gasteiger partial charge >= 0.3 is 6.18 Å². The van der Waals surface area contributed by atoms with E-state index in [0.29, 0.717) is 5.39 Å². The van der Waals surface area contributed by atoms with Crippen LogP contribution in [0.2, 0.25) is 0 Å². The Morgan fingerprint density at radius 3 is 2.61 bits per heavy atom. The van der Waals surface area contributed by atoms with E-state index in [2.05, 4.69) is 10.5 Å². The Morgan fingerprint density at radius 1 is 1.17 bits per heavy atom. The van der Waals surface area contributed by atoms with Gasteiger partial charge in [-0.05, 0) is 30.3 Å². The normalized spacial score (nSPS) is 11.6. The topological polar surface area (TPSA) is 81.2 Å². The van der Waals surface area contributed by atoms with E-state index in [1.165, 1.54) is 18.2 Å². The lowest BCUT2D eigenvalue weighted by Gasteiger charge is -2.09. The number of amides is 1. The summed E-state index contributed by atoms with van der Waals surface area (Å²) >= 11 is 0. The van der Waals surface area contributed by atoms with E-state index >= 15 is 0 Å². The number of nitrogens with zero attached hydrogens (tertiary/aromatic N) is 1. The Kier molecular flexibility index (Phi) is 3.44. The van der Waals surface area contributed by atoms with Crippen molar-refractivity contribution in [1.82, 2.24) is 5.16 Å². The molecule has 5 nitrogen and oxygen atoms in total. The summed E-state index contributed by atoms with van der Waals surface area (Å²) in [6.45, 7) is 0. The molecule has 3 N–H and O–H groups in total. The van der Waals surface area contributed by atoms with E-state index in [0.717, 1.165) is 12.1 Å². The molecule has 0 saturated heterocycles. The molecule has 0 radical (unpaired) electrons. The summed E-state index contributed by atoms with van der Waals surface area (Å²) in [4.78, 5) is 11.3. The number of anilines is 2. The van der Waals surface area contributed by atoms with E-state index in [4.69, 9.17) is 10.3 Å². The lowest BCUT2D eigenvalue weighted by Crippen LogP contribution is -2.10. The summed E-state index contributed by atoms with van der Waals surface area (Å²) in [7, 11) is 0. The molecule has 118 valence electrons. The third-order valence-electron chi connectivity index (χ3n) is 3.22. The van der Waals surface area contributed by atoms with E-state index in [1.807, 2.05) is 0 Å². The second-order valence-corrected chi connectivity index (χ2v) is 4.78. The molecule has 2 aromatic carbocycles. The quantitative estimate of drug-likeness (QED) is 0.771. The molecule has 0 aliphatic heterocycles. The highest BCUT2D eigenvalue weighted by Gasteiger charge is 2.30. The lowest BCUT2D eigenvalue weighted by atomic mass is 10.1. The molecule has 1 heterocycles. The van der Waals surface area contributed by atoms with Crippen molar-refractivity contribution in [3.8, 4) is 0 Å². The van der Waals surface area contributed by atoms with Gasteiger partial charge in [-0.15, -0.1) is 0 Å². The van der Waals surface area contributed by atoms with Crippen molar-refractivity contribution < 1.29 is 22.5 Å². The Morgan fingerprint density at radius 2 is 1.91 bits per heavy atom. The Bertz CT molecular complexity index is 887. The number of hydrogen-bond acceptors (Lipinski definition) is 4. The van der Waals surface area contributed by atoms with Gasteiger partial charge in [0.15, 0.2) is 11.4 Å². The number of primary amides is 1. The molecule has 0 bridgehead atoms. The van der Waals surface area contributed by atoms with Gasteiger partial charge in [-0.25, -0.2) is 0 Å². The van der Waals surface area contributed by atoms with Crippen LogP contribution in [0.25, 0.3) is 11.0 Å². The van der Waals surface area contributed by atoms with Crippen LogP contribution in [-0.4, -0.2) is 11.1 Å². The Labute approximate surface area is 127 Å². The molecule has 8 heteroatoms. The van der Waals surface area contributed by atoms with Gasteiger partial charge in [0, 0.05) is 5.69 Å². The zero-order valence-electron chi connectivity index (χ0n) is 11.5. The van der Waals surface area contributed by atoms with E-state index in [1.54, 1.807) is 12.1 Å². The van der Waals surface area contributed by atoms with Crippen LogP contribution in [0.4, 0.5) is 24.7 Å². The molecule has 23 heavy (non-hydrogen) atoms. The van der Waals surface area contributed by atoms with Crippen LogP contribution < -0.4 is 11.1 Å². The molecule has 1 aromatic heterocycles. The maximum Gasteiger partial charge on any atom is 0.416 e. The molecule has 0 saturated carbocycles. The molecule has 0 unspecified atom stereocenters. The predicted molar refractivity (Wildman–Crippen MR) is 77.3 cm³/mol. The largest absolute Gasteiger partial charge is 0.416 e. The minimum Gasteiger partial charge on any atom is -0.365 e. The fourth-order valence-electron chi connectivity index (χ4n) is 2.16.